The summed E-state index contributed by atoms with van der Waals surface area (Å²) >= 11 is 0. The number of anilines is 1. The standard InChI is InChI=1S/C35H37N9O2/c1-2-32(45)40-25-4-3-13-43(18-25)17-22-11-12-36-30(14-22)34-37-16-31(42-34)24-7-5-23(6-8-24)29-15-28-33(41-29)38-21-39-35(28)44-26-9-10-27(44)20-46-19-26/h2,5-8,11-12,14-16,21,25-27H,1,3-4,9-10,13,17-20H2,(H,37,42)(H,40,45)(H,38,39,41). The Morgan fingerprint density at radius 1 is 0.978 bits per heavy atom. The number of nitrogens with one attached hydrogen (secondary N) is 3. The van der Waals surface area contributed by atoms with Crippen LogP contribution in [0.1, 0.15) is 31.2 Å². The Bertz CT molecular complexity index is 1860. The van der Waals surface area contributed by atoms with Crippen LogP contribution in [0.3, 0.4) is 0 Å². The molecule has 0 radical (unpaired) electrons. The number of likely N-dealkylation sites (tertiary alicyclic amines) is 1. The first-order valence-corrected chi connectivity index (χ1v) is 16.1. The average molecular weight is 616 g/mol. The van der Waals surface area contributed by atoms with Crippen molar-refractivity contribution in [2.45, 2.75) is 50.4 Å². The van der Waals surface area contributed by atoms with Gasteiger partial charge in [-0.3, -0.25) is 14.7 Å². The van der Waals surface area contributed by atoms with E-state index in [9.17, 15) is 4.79 Å². The average Bonchev–Trinajstić information content (AvgIpc) is 3.81. The number of ether oxygens (including phenoxy) is 1. The molecule has 234 valence electrons. The van der Waals surface area contributed by atoms with E-state index < -0.39 is 0 Å². The molecule has 1 aromatic carbocycles. The van der Waals surface area contributed by atoms with Gasteiger partial charge in [0.15, 0.2) is 5.82 Å². The van der Waals surface area contributed by atoms with Gasteiger partial charge in [-0.1, -0.05) is 30.8 Å². The van der Waals surface area contributed by atoms with E-state index in [2.05, 4.69) is 83.0 Å². The van der Waals surface area contributed by atoms with Crippen LogP contribution in [0.4, 0.5) is 5.82 Å². The summed E-state index contributed by atoms with van der Waals surface area (Å²) in [6.07, 6.45) is 11.0. The van der Waals surface area contributed by atoms with Crippen molar-refractivity contribution in [3.8, 4) is 34.0 Å². The van der Waals surface area contributed by atoms with E-state index in [1.165, 1.54) is 6.08 Å². The monoisotopic (exact) mass is 615 g/mol. The van der Waals surface area contributed by atoms with E-state index in [1.807, 2.05) is 18.5 Å². The predicted molar refractivity (Wildman–Crippen MR) is 177 cm³/mol. The van der Waals surface area contributed by atoms with Crippen molar-refractivity contribution in [1.29, 1.82) is 0 Å². The van der Waals surface area contributed by atoms with Crippen molar-refractivity contribution in [1.82, 2.24) is 40.1 Å². The number of amides is 1. The van der Waals surface area contributed by atoms with Crippen LogP contribution in [0, 0.1) is 0 Å². The molecular weight excluding hydrogens is 578 g/mol. The molecule has 3 saturated heterocycles. The van der Waals surface area contributed by atoms with Gasteiger partial charge >= 0.3 is 0 Å². The number of H-pyrrole nitrogens is 2. The number of aromatic amines is 2. The van der Waals surface area contributed by atoms with Crippen LogP contribution < -0.4 is 10.2 Å². The van der Waals surface area contributed by atoms with Crippen LogP contribution >= 0.6 is 0 Å². The first-order chi connectivity index (χ1) is 22.6. The molecular formula is C35H37N9O2. The van der Waals surface area contributed by atoms with Crippen LogP contribution in [-0.2, 0) is 16.1 Å². The number of aromatic nitrogens is 6. The van der Waals surface area contributed by atoms with Crippen molar-refractivity contribution in [3.63, 3.8) is 0 Å². The smallest absolute Gasteiger partial charge is 0.243 e. The Hall–Kier alpha value is -4.87. The number of carbonyl (C=O) groups is 1. The summed E-state index contributed by atoms with van der Waals surface area (Å²) in [5.41, 5.74) is 6.88. The minimum atomic E-state index is -0.112. The third-order valence-electron chi connectivity index (χ3n) is 9.48. The molecule has 11 nitrogen and oxygen atoms in total. The van der Waals surface area contributed by atoms with Crippen molar-refractivity contribution >= 4 is 22.8 Å². The highest BCUT2D eigenvalue weighted by Gasteiger charge is 2.39. The molecule has 2 bridgehead atoms. The van der Waals surface area contributed by atoms with Gasteiger partial charge in [0.25, 0.3) is 0 Å². The summed E-state index contributed by atoms with van der Waals surface area (Å²) < 4.78 is 5.80. The lowest BCUT2D eigenvalue weighted by atomic mass is 10.0. The molecule has 4 aromatic heterocycles. The number of fused-ring (bicyclic) bond motifs is 3. The highest BCUT2D eigenvalue weighted by molar-refractivity contribution is 5.92. The van der Waals surface area contributed by atoms with Gasteiger partial charge < -0.3 is 24.9 Å². The summed E-state index contributed by atoms with van der Waals surface area (Å²) in [5.74, 6) is 1.62. The molecule has 5 aromatic rings. The number of nitrogens with zero attached hydrogens (tertiary/aromatic N) is 6. The fourth-order valence-corrected chi connectivity index (χ4v) is 7.23. The maximum absolute atomic E-state index is 11.8. The van der Waals surface area contributed by atoms with E-state index in [-0.39, 0.29) is 11.9 Å². The molecule has 3 aliphatic rings. The molecule has 7 heterocycles. The van der Waals surface area contributed by atoms with E-state index in [4.69, 9.17) is 9.72 Å². The van der Waals surface area contributed by atoms with Gasteiger partial charge in [-0.05, 0) is 73.2 Å². The first kappa shape index (κ1) is 28.6. The third-order valence-corrected chi connectivity index (χ3v) is 9.48. The largest absolute Gasteiger partial charge is 0.377 e. The molecule has 3 atom stereocenters. The zero-order valence-corrected chi connectivity index (χ0v) is 25.7. The van der Waals surface area contributed by atoms with E-state index in [1.54, 1.807) is 6.33 Å². The number of pyridine rings is 1. The maximum Gasteiger partial charge on any atom is 0.243 e. The fourth-order valence-electron chi connectivity index (χ4n) is 7.23. The second kappa shape index (κ2) is 12.1. The Labute approximate surface area is 267 Å². The van der Waals surface area contributed by atoms with Crippen LogP contribution in [0.5, 0.6) is 0 Å². The molecule has 46 heavy (non-hydrogen) atoms. The zero-order valence-electron chi connectivity index (χ0n) is 25.7. The van der Waals surface area contributed by atoms with Gasteiger partial charge in [0.2, 0.25) is 5.91 Å². The lowest BCUT2D eigenvalue weighted by molar-refractivity contribution is -0.117. The van der Waals surface area contributed by atoms with Gasteiger partial charge in [-0.2, -0.15) is 0 Å². The Balaban J connectivity index is 0.970. The first-order valence-electron chi connectivity index (χ1n) is 16.1. The highest BCUT2D eigenvalue weighted by atomic mass is 16.5. The molecule has 3 aliphatic heterocycles. The molecule has 8 rings (SSSR count). The van der Waals surface area contributed by atoms with Gasteiger partial charge in [0.05, 0.1) is 42.6 Å². The summed E-state index contributed by atoms with van der Waals surface area (Å²) in [4.78, 5) is 42.1. The van der Waals surface area contributed by atoms with Gasteiger partial charge in [-0.25, -0.2) is 15.0 Å². The van der Waals surface area contributed by atoms with Gasteiger partial charge in [0.1, 0.15) is 23.5 Å². The Morgan fingerprint density at radius 2 is 1.78 bits per heavy atom. The molecule has 3 fully saturated rings. The SMILES string of the molecule is C=CC(=O)NC1CCCN(Cc2ccnc(-c3ncc(-c4ccc(-c5cc6c(N7C8CCC7COC8)ncnc6[nH]5)cc4)[nH]3)c2)C1. The molecule has 0 aliphatic carbocycles. The van der Waals surface area contributed by atoms with Crippen molar-refractivity contribution in [2.24, 2.45) is 0 Å². The molecule has 11 heteroatoms. The normalized spacial score (nSPS) is 21.5. The highest BCUT2D eigenvalue weighted by Crippen LogP contribution is 2.37. The summed E-state index contributed by atoms with van der Waals surface area (Å²) in [5, 5.41) is 4.09. The summed E-state index contributed by atoms with van der Waals surface area (Å²) in [6.45, 7) is 7.70. The van der Waals surface area contributed by atoms with Gasteiger partial charge in [-0.15, -0.1) is 0 Å². The van der Waals surface area contributed by atoms with Crippen LogP contribution in [0.2, 0.25) is 0 Å². The minimum Gasteiger partial charge on any atom is -0.377 e. The zero-order chi connectivity index (χ0) is 31.0. The molecule has 1 amide bonds. The lowest BCUT2D eigenvalue weighted by Gasteiger charge is -2.35. The molecule has 0 saturated carbocycles. The van der Waals surface area contributed by atoms with E-state index in [0.29, 0.717) is 12.1 Å². The molecule has 0 spiro atoms. The van der Waals surface area contributed by atoms with Gasteiger partial charge in [0, 0.05) is 31.0 Å². The number of hydrogen-bond acceptors (Lipinski definition) is 8. The lowest BCUT2D eigenvalue weighted by Crippen LogP contribution is -2.46. The molecule has 3 N–H and O–H groups in total. The number of hydrogen-bond donors (Lipinski definition) is 3. The summed E-state index contributed by atoms with van der Waals surface area (Å²) in [7, 11) is 0. The second-order valence-corrected chi connectivity index (χ2v) is 12.5. The van der Waals surface area contributed by atoms with E-state index >= 15 is 0 Å². The topological polar surface area (TPSA) is 128 Å². The second-order valence-electron chi connectivity index (χ2n) is 12.5. The third kappa shape index (κ3) is 5.56. The Kier molecular flexibility index (Phi) is 7.55. The fraction of sp³-hybridized carbons (Fsp3) is 0.343. The number of imidazole rings is 1. The predicted octanol–water partition coefficient (Wildman–Crippen LogP) is 4.71. The minimum absolute atomic E-state index is 0.112. The van der Waals surface area contributed by atoms with Crippen LogP contribution in [-0.4, -0.2) is 85.1 Å². The van der Waals surface area contributed by atoms with Crippen LogP contribution in [0.15, 0.2) is 73.8 Å². The quantitative estimate of drug-likeness (QED) is 0.214. The number of morpholine rings is 1. The maximum atomic E-state index is 11.8. The number of piperidine rings is 1. The summed E-state index contributed by atoms with van der Waals surface area (Å²) in [6, 6.07) is 15.7. The van der Waals surface area contributed by atoms with Crippen molar-refractivity contribution < 1.29 is 9.53 Å². The van der Waals surface area contributed by atoms with E-state index in [0.717, 1.165) is 115 Å². The Morgan fingerprint density at radius 3 is 2.59 bits per heavy atom. The van der Waals surface area contributed by atoms with Crippen molar-refractivity contribution in [3.05, 3.63) is 79.4 Å². The number of rotatable bonds is 8. The number of benzene rings is 1. The molecule has 3 unspecified atom stereocenters. The van der Waals surface area contributed by atoms with Crippen LogP contribution in [0.25, 0.3) is 45.1 Å². The van der Waals surface area contributed by atoms with Crippen molar-refractivity contribution in [2.75, 3.05) is 31.2 Å². The number of carbonyl (C=O) groups excluding carboxylic acids is 1.